The number of anilines is 1. The zero-order valence-corrected chi connectivity index (χ0v) is 8.19. The first-order valence-corrected chi connectivity index (χ1v) is 5.05. The fourth-order valence-electron chi connectivity index (χ4n) is 1.11. The Morgan fingerprint density at radius 1 is 1.54 bits per heavy atom. The van der Waals surface area contributed by atoms with Gasteiger partial charge in [-0.1, -0.05) is 0 Å². The van der Waals surface area contributed by atoms with Crippen molar-refractivity contribution in [2.24, 2.45) is 0 Å². The van der Waals surface area contributed by atoms with E-state index in [9.17, 15) is 0 Å². The van der Waals surface area contributed by atoms with Gasteiger partial charge >= 0.3 is 0 Å². The summed E-state index contributed by atoms with van der Waals surface area (Å²) < 4.78 is 0. The number of hydrogen-bond acceptors (Lipinski definition) is 3. The van der Waals surface area contributed by atoms with Gasteiger partial charge < -0.3 is 5.32 Å². The van der Waals surface area contributed by atoms with Crippen LogP contribution in [0.25, 0.3) is 0 Å². The molecule has 68 valence electrons. The van der Waals surface area contributed by atoms with Crippen LogP contribution in [0.15, 0.2) is 23.2 Å². The third-order valence-electron chi connectivity index (χ3n) is 1.89. The summed E-state index contributed by atoms with van der Waals surface area (Å²) in [6.07, 6.45) is 3.73. The van der Waals surface area contributed by atoms with E-state index >= 15 is 0 Å². The van der Waals surface area contributed by atoms with Crippen molar-refractivity contribution in [1.82, 2.24) is 10.2 Å². The Morgan fingerprint density at radius 3 is 3.08 bits per heavy atom. The Kier molecular flexibility index (Phi) is 2.31. The van der Waals surface area contributed by atoms with Gasteiger partial charge in [0.1, 0.15) is 0 Å². The molecule has 4 heteroatoms. The van der Waals surface area contributed by atoms with Crippen molar-refractivity contribution in [2.75, 3.05) is 5.32 Å². The lowest BCUT2D eigenvalue weighted by atomic mass is 10.3. The largest absolute Gasteiger partial charge is 0.380 e. The van der Waals surface area contributed by atoms with E-state index in [1.165, 1.54) is 16.8 Å². The number of aromatic amines is 1. The van der Waals surface area contributed by atoms with Crippen LogP contribution in [0.4, 0.5) is 5.69 Å². The summed E-state index contributed by atoms with van der Waals surface area (Å²) in [4.78, 5) is 0. The zero-order valence-electron chi connectivity index (χ0n) is 7.37. The molecule has 13 heavy (non-hydrogen) atoms. The maximum Gasteiger partial charge on any atom is 0.0537 e. The number of aromatic nitrogens is 2. The first-order chi connectivity index (χ1) is 6.36. The van der Waals surface area contributed by atoms with Crippen molar-refractivity contribution in [1.29, 1.82) is 0 Å². The van der Waals surface area contributed by atoms with Crippen LogP contribution in [0.3, 0.4) is 0 Å². The Morgan fingerprint density at radius 2 is 2.46 bits per heavy atom. The SMILES string of the molecule is Cc1cscc1NCc1cn[nH]c1. The predicted octanol–water partition coefficient (Wildman–Crippen LogP) is 2.39. The van der Waals surface area contributed by atoms with Crippen LogP contribution < -0.4 is 5.32 Å². The van der Waals surface area contributed by atoms with Crippen molar-refractivity contribution in [3.8, 4) is 0 Å². The molecule has 0 spiro atoms. The molecule has 0 saturated heterocycles. The van der Waals surface area contributed by atoms with E-state index in [4.69, 9.17) is 0 Å². The molecule has 2 aromatic heterocycles. The zero-order chi connectivity index (χ0) is 9.10. The number of hydrogen-bond donors (Lipinski definition) is 2. The van der Waals surface area contributed by atoms with E-state index in [1.807, 2.05) is 12.4 Å². The minimum absolute atomic E-state index is 0.827. The highest BCUT2D eigenvalue weighted by atomic mass is 32.1. The molecule has 0 atom stereocenters. The molecule has 0 aliphatic carbocycles. The monoisotopic (exact) mass is 193 g/mol. The fraction of sp³-hybridized carbons (Fsp3) is 0.222. The molecule has 2 aromatic rings. The minimum atomic E-state index is 0.827. The van der Waals surface area contributed by atoms with Crippen molar-refractivity contribution in [3.05, 3.63) is 34.3 Å². The van der Waals surface area contributed by atoms with Gasteiger partial charge in [0.15, 0.2) is 0 Å². The van der Waals surface area contributed by atoms with Gasteiger partial charge in [-0.25, -0.2) is 0 Å². The Bertz CT molecular complexity index is 364. The Labute approximate surface area is 80.8 Å². The smallest absolute Gasteiger partial charge is 0.0537 e. The highest BCUT2D eigenvalue weighted by molar-refractivity contribution is 7.08. The van der Waals surface area contributed by atoms with E-state index in [2.05, 4.69) is 33.2 Å². The molecule has 2 rings (SSSR count). The van der Waals surface area contributed by atoms with Crippen molar-refractivity contribution in [3.63, 3.8) is 0 Å². The molecule has 3 nitrogen and oxygen atoms in total. The molecular formula is C9H11N3S. The lowest BCUT2D eigenvalue weighted by Crippen LogP contribution is -1.97. The molecule has 0 bridgehead atoms. The predicted molar refractivity (Wildman–Crippen MR) is 55.0 cm³/mol. The number of aryl methyl sites for hydroxylation is 1. The second-order valence-electron chi connectivity index (χ2n) is 2.93. The summed E-state index contributed by atoms with van der Waals surface area (Å²) in [6.45, 7) is 2.93. The van der Waals surface area contributed by atoms with Crippen LogP contribution in [0, 0.1) is 6.92 Å². The molecule has 0 fully saturated rings. The third kappa shape index (κ3) is 1.89. The van der Waals surface area contributed by atoms with Gasteiger partial charge in [0.05, 0.1) is 6.20 Å². The van der Waals surface area contributed by atoms with Crippen molar-refractivity contribution >= 4 is 17.0 Å². The normalized spacial score (nSPS) is 10.2. The number of thiophene rings is 1. The second-order valence-corrected chi connectivity index (χ2v) is 3.67. The number of rotatable bonds is 3. The van der Waals surface area contributed by atoms with E-state index in [0.29, 0.717) is 0 Å². The van der Waals surface area contributed by atoms with Crippen LogP contribution in [0.1, 0.15) is 11.1 Å². The van der Waals surface area contributed by atoms with Gasteiger partial charge in [0.2, 0.25) is 0 Å². The molecule has 0 aliphatic heterocycles. The van der Waals surface area contributed by atoms with Gasteiger partial charge in [0, 0.05) is 29.4 Å². The summed E-state index contributed by atoms with van der Waals surface area (Å²) in [7, 11) is 0. The van der Waals surface area contributed by atoms with Gasteiger partial charge in [0.25, 0.3) is 0 Å². The van der Waals surface area contributed by atoms with E-state index < -0.39 is 0 Å². The third-order valence-corrected chi connectivity index (χ3v) is 2.75. The molecule has 0 saturated carbocycles. The van der Waals surface area contributed by atoms with E-state index in [0.717, 1.165) is 6.54 Å². The van der Waals surface area contributed by atoms with Crippen LogP contribution >= 0.6 is 11.3 Å². The quantitative estimate of drug-likeness (QED) is 0.785. The summed E-state index contributed by atoms with van der Waals surface area (Å²) in [5.74, 6) is 0. The second kappa shape index (κ2) is 3.62. The molecule has 2 heterocycles. The lowest BCUT2D eigenvalue weighted by Gasteiger charge is -2.02. The first kappa shape index (κ1) is 8.31. The van der Waals surface area contributed by atoms with Crippen LogP contribution in [-0.4, -0.2) is 10.2 Å². The number of H-pyrrole nitrogens is 1. The first-order valence-electron chi connectivity index (χ1n) is 4.10. The van der Waals surface area contributed by atoms with Gasteiger partial charge in [-0.15, -0.1) is 11.3 Å². The number of nitrogens with one attached hydrogen (secondary N) is 2. The minimum Gasteiger partial charge on any atom is -0.380 e. The van der Waals surface area contributed by atoms with Crippen LogP contribution in [0.5, 0.6) is 0 Å². The van der Waals surface area contributed by atoms with Crippen molar-refractivity contribution in [2.45, 2.75) is 13.5 Å². The molecular weight excluding hydrogens is 182 g/mol. The summed E-state index contributed by atoms with van der Waals surface area (Å²) in [5.41, 5.74) is 3.69. The topological polar surface area (TPSA) is 40.7 Å². The molecule has 0 unspecified atom stereocenters. The molecule has 0 radical (unpaired) electrons. The maximum atomic E-state index is 3.88. The molecule has 0 aliphatic rings. The van der Waals surface area contributed by atoms with Crippen LogP contribution in [0.2, 0.25) is 0 Å². The average molecular weight is 193 g/mol. The van der Waals surface area contributed by atoms with Gasteiger partial charge in [-0.3, -0.25) is 5.10 Å². The molecule has 0 amide bonds. The number of nitrogens with zero attached hydrogens (tertiary/aromatic N) is 1. The molecule has 0 aromatic carbocycles. The summed E-state index contributed by atoms with van der Waals surface area (Å²) in [5, 5.41) is 14.3. The summed E-state index contributed by atoms with van der Waals surface area (Å²) >= 11 is 1.72. The van der Waals surface area contributed by atoms with Crippen molar-refractivity contribution < 1.29 is 0 Å². The Balaban J connectivity index is 1.97. The summed E-state index contributed by atoms with van der Waals surface area (Å²) in [6, 6.07) is 0. The highest BCUT2D eigenvalue weighted by Crippen LogP contribution is 2.19. The molecule has 2 N–H and O–H groups in total. The lowest BCUT2D eigenvalue weighted by molar-refractivity contribution is 1.09. The average Bonchev–Trinajstić information content (AvgIpc) is 2.72. The van der Waals surface area contributed by atoms with E-state index in [-0.39, 0.29) is 0 Å². The highest BCUT2D eigenvalue weighted by Gasteiger charge is 1.98. The van der Waals surface area contributed by atoms with Gasteiger partial charge in [-0.2, -0.15) is 5.10 Å². The van der Waals surface area contributed by atoms with E-state index in [1.54, 1.807) is 11.3 Å². The van der Waals surface area contributed by atoms with Crippen LogP contribution in [-0.2, 0) is 6.54 Å². The standard InChI is InChI=1S/C9H11N3S/c1-7-5-13-6-9(7)10-2-8-3-11-12-4-8/h3-6,10H,2H2,1H3,(H,11,12). The fourth-order valence-corrected chi connectivity index (χ4v) is 1.92. The van der Waals surface area contributed by atoms with Gasteiger partial charge in [-0.05, 0) is 17.9 Å². The maximum absolute atomic E-state index is 3.88. The Hall–Kier alpha value is -1.29.